The summed E-state index contributed by atoms with van der Waals surface area (Å²) in [4.78, 5) is 2.89. The Morgan fingerprint density at radius 1 is 0.172 bits per heavy atom. The van der Waals surface area contributed by atoms with Gasteiger partial charge in [0.1, 0.15) is 0 Å². The van der Waals surface area contributed by atoms with Gasteiger partial charge in [-0.15, -0.1) is 0 Å². The Kier molecular flexibility index (Phi) is 49.6. The number of nitrogens with zero attached hydrogens (tertiary/aromatic N) is 1. The fourth-order valence-corrected chi connectivity index (χ4v) is 9.36. The molecule has 0 saturated carbocycles. The summed E-state index contributed by atoms with van der Waals surface area (Å²) >= 11 is 0. The average Bonchev–Trinajstić information content (AvgIpc) is 3.19. The summed E-state index contributed by atoms with van der Waals surface area (Å²) in [7, 11) is 0. The molecule has 0 amide bonds. The Bertz CT molecular complexity index is 615. The summed E-state index contributed by atoms with van der Waals surface area (Å²) in [6.45, 7) is 18.3. The molecule has 0 aliphatic heterocycles. The SMILES string of the molecule is CC(C)CCCCCCCCCCCCCCCCN(CCCCCCCCCCCCCCCCC(C)C)CCCCCCCCCCCCCCCCC(C)C. The molecule has 0 aliphatic rings. The van der Waals surface area contributed by atoms with Gasteiger partial charge in [0.25, 0.3) is 0 Å². The highest BCUT2D eigenvalue weighted by Gasteiger charge is 2.06. The van der Waals surface area contributed by atoms with Crippen molar-refractivity contribution in [2.75, 3.05) is 19.6 Å². The Morgan fingerprint density at radius 3 is 0.431 bits per heavy atom. The number of hydrogen-bond acceptors (Lipinski definition) is 1. The second-order valence-electron chi connectivity index (χ2n) is 21.2. The third-order valence-corrected chi connectivity index (χ3v) is 13.5. The first kappa shape index (κ1) is 58.0. The summed E-state index contributed by atoms with van der Waals surface area (Å²) in [5.41, 5.74) is 0. The van der Waals surface area contributed by atoms with E-state index in [-0.39, 0.29) is 0 Å². The van der Waals surface area contributed by atoms with Gasteiger partial charge in [-0.25, -0.2) is 0 Å². The van der Waals surface area contributed by atoms with Crippen molar-refractivity contribution in [1.29, 1.82) is 0 Å². The molecule has 350 valence electrons. The van der Waals surface area contributed by atoms with Gasteiger partial charge in [0, 0.05) is 0 Å². The summed E-state index contributed by atoms with van der Waals surface area (Å²) in [5, 5.41) is 0. The van der Waals surface area contributed by atoms with Crippen LogP contribution in [0.25, 0.3) is 0 Å². The molecule has 0 aliphatic carbocycles. The second kappa shape index (κ2) is 49.6. The summed E-state index contributed by atoms with van der Waals surface area (Å²) in [5.74, 6) is 2.67. The first-order valence-corrected chi connectivity index (χ1v) is 28.1. The van der Waals surface area contributed by atoms with Gasteiger partial charge >= 0.3 is 0 Å². The minimum atomic E-state index is 0.890. The number of hydrogen-bond donors (Lipinski definition) is 0. The van der Waals surface area contributed by atoms with Gasteiger partial charge in [-0.2, -0.15) is 0 Å². The van der Waals surface area contributed by atoms with Crippen LogP contribution in [-0.2, 0) is 0 Å². The van der Waals surface area contributed by atoms with Gasteiger partial charge in [0.2, 0.25) is 0 Å². The maximum absolute atomic E-state index is 2.89. The molecule has 0 spiro atoms. The van der Waals surface area contributed by atoms with Crippen LogP contribution >= 0.6 is 0 Å². The van der Waals surface area contributed by atoms with Crippen LogP contribution in [0.3, 0.4) is 0 Å². The molecule has 0 bridgehead atoms. The van der Waals surface area contributed by atoms with Crippen LogP contribution in [0.5, 0.6) is 0 Å². The van der Waals surface area contributed by atoms with E-state index in [4.69, 9.17) is 0 Å². The normalized spacial score (nSPS) is 12.1. The van der Waals surface area contributed by atoms with Gasteiger partial charge in [-0.05, 0) is 56.7 Å². The molecule has 1 nitrogen and oxygen atoms in total. The fraction of sp³-hybridized carbons (Fsp3) is 1.00. The van der Waals surface area contributed by atoms with E-state index < -0.39 is 0 Å². The smallest absolute Gasteiger partial charge is 0.00187 e. The first-order chi connectivity index (χ1) is 28.4. The molecule has 0 aromatic heterocycles. The van der Waals surface area contributed by atoms with Crippen LogP contribution in [0.2, 0.25) is 0 Å². The lowest BCUT2D eigenvalue weighted by Crippen LogP contribution is -2.27. The van der Waals surface area contributed by atoms with Crippen LogP contribution in [0.15, 0.2) is 0 Å². The van der Waals surface area contributed by atoms with Crippen LogP contribution in [0, 0.1) is 17.8 Å². The first-order valence-electron chi connectivity index (χ1n) is 28.1. The van der Waals surface area contributed by atoms with Crippen molar-refractivity contribution < 1.29 is 0 Å². The Hall–Kier alpha value is -0.0400. The second-order valence-corrected chi connectivity index (χ2v) is 21.2. The lowest BCUT2D eigenvalue weighted by Gasteiger charge is -2.22. The van der Waals surface area contributed by atoms with Crippen molar-refractivity contribution in [3.05, 3.63) is 0 Å². The van der Waals surface area contributed by atoms with Crippen LogP contribution in [0.4, 0.5) is 0 Å². The van der Waals surface area contributed by atoms with Gasteiger partial charge in [0.15, 0.2) is 0 Å². The summed E-state index contributed by atoms with van der Waals surface area (Å²) in [6.07, 6.45) is 66.2. The standard InChI is InChI=1S/C57H117N/c1-55(2)49-43-37-31-25-19-13-7-10-16-22-28-34-40-46-52-58(53-47-41-35-29-23-17-11-8-14-20-26-32-38-44-50-56(3)4)54-48-42-36-30-24-18-12-9-15-21-27-33-39-45-51-57(5)6/h55-57H,7-54H2,1-6H3. The third kappa shape index (κ3) is 52.1. The highest BCUT2D eigenvalue weighted by molar-refractivity contribution is 4.61. The van der Waals surface area contributed by atoms with E-state index in [1.165, 1.54) is 309 Å². The third-order valence-electron chi connectivity index (χ3n) is 13.5. The molecule has 0 saturated heterocycles. The zero-order valence-corrected chi connectivity index (χ0v) is 42.1. The molecule has 0 radical (unpaired) electrons. The van der Waals surface area contributed by atoms with Gasteiger partial charge < -0.3 is 4.90 Å². The van der Waals surface area contributed by atoms with E-state index in [9.17, 15) is 0 Å². The molecule has 0 atom stereocenters. The number of rotatable bonds is 51. The van der Waals surface area contributed by atoms with Crippen molar-refractivity contribution in [3.63, 3.8) is 0 Å². The van der Waals surface area contributed by atoms with Crippen molar-refractivity contribution in [2.24, 2.45) is 17.8 Å². The quantitative estimate of drug-likeness (QED) is 0.0553. The lowest BCUT2D eigenvalue weighted by atomic mass is 10.0. The van der Waals surface area contributed by atoms with Crippen molar-refractivity contribution >= 4 is 0 Å². The Morgan fingerprint density at radius 2 is 0.293 bits per heavy atom. The van der Waals surface area contributed by atoms with Gasteiger partial charge in [-0.1, -0.05) is 311 Å². The predicted molar refractivity (Wildman–Crippen MR) is 269 cm³/mol. The van der Waals surface area contributed by atoms with Crippen LogP contribution in [0.1, 0.15) is 330 Å². The fourth-order valence-electron chi connectivity index (χ4n) is 9.36. The molecule has 0 fully saturated rings. The molecule has 1 heteroatoms. The van der Waals surface area contributed by atoms with E-state index in [0.29, 0.717) is 0 Å². The maximum Gasteiger partial charge on any atom is -0.00187 e. The molecular formula is C57H117N. The van der Waals surface area contributed by atoms with E-state index in [2.05, 4.69) is 46.4 Å². The van der Waals surface area contributed by atoms with Gasteiger partial charge in [0.05, 0.1) is 0 Å². The zero-order chi connectivity index (χ0) is 42.3. The topological polar surface area (TPSA) is 3.24 Å². The zero-order valence-electron chi connectivity index (χ0n) is 42.1. The van der Waals surface area contributed by atoms with E-state index in [1.54, 1.807) is 0 Å². The summed E-state index contributed by atoms with van der Waals surface area (Å²) < 4.78 is 0. The van der Waals surface area contributed by atoms with Crippen molar-refractivity contribution in [2.45, 2.75) is 330 Å². The van der Waals surface area contributed by atoms with Crippen LogP contribution in [-0.4, -0.2) is 24.5 Å². The predicted octanol–water partition coefficient (Wildman–Crippen LogP) is 20.8. The number of unbranched alkanes of at least 4 members (excludes halogenated alkanes) is 39. The largest absolute Gasteiger partial charge is 0.303 e. The van der Waals surface area contributed by atoms with Crippen LogP contribution < -0.4 is 0 Å². The molecular weight excluding hydrogens is 699 g/mol. The molecule has 0 N–H and O–H groups in total. The van der Waals surface area contributed by atoms with E-state index in [1.807, 2.05) is 0 Å². The monoisotopic (exact) mass is 816 g/mol. The molecule has 0 heterocycles. The minimum absolute atomic E-state index is 0.890. The average molecular weight is 817 g/mol. The lowest BCUT2D eigenvalue weighted by molar-refractivity contribution is 0.254. The Balaban J connectivity index is 3.97. The van der Waals surface area contributed by atoms with Crippen molar-refractivity contribution in [3.8, 4) is 0 Å². The van der Waals surface area contributed by atoms with Crippen molar-refractivity contribution in [1.82, 2.24) is 4.90 Å². The molecule has 0 unspecified atom stereocenters. The molecule has 0 rings (SSSR count). The highest BCUT2D eigenvalue weighted by Crippen LogP contribution is 2.18. The molecule has 0 aromatic carbocycles. The van der Waals surface area contributed by atoms with E-state index in [0.717, 1.165) is 17.8 Å². The van der Waals surface area contributed by atoms with Gasteiger partial charge in [-0.3, -0.25) is 0 Å². The molecule has 58 heavy (non-hydrogen) atoms. The molecule has 0 aromatic rings. The summed E-state index contributed by atoms with van der Waals surface area (Å²) in [6, 6.07) is 0. The maximum atomic E-state index is 2.89. The van der Waals surface area contributed by atoms with E-state index >= 15 is 0 Å². The minimum Gasteiger partial charge on any atom is -0.303 e. The highest BCUT2D eigenvalue weighted by atomic mass is 15.1. The Labute approximate surface area is 371 Å².